The third-order valence-electron chi connectivity index (χ3n) is 4.50. The molecular weight excluding hydrogens is 332 g/mol. The van der Waals surface area contributed by atoms with Crippen molar-refractivity contribution in [3.05, 3.63) is 54.1 Å². The van der Waals surface area contributed by atoms with Crippen molar-refractivity contribution in [3.63, 3.8) is 0 Å². The van der Waals surface area contributed by atoms with Crippen LogP contribution >= 0.6 is 0 Å². The summed E-state index contributed by atoms with van der Waals surface area (Å²) in [5.41, 5.74) is 1.65. The molecule has 0 aromatic heterocycles. The molecule has 26 heavy (non-hydrogen) atoms. The van der Waals surface area contributed by atoms with Gasteiger partial charge in [-0.05, 0) is 30.3 Å². The van der Waals surface area contributed by atoms with Gasteiger partial charge in [-0.1, -0.05) is 18.2 Å². The second-order valence-corrected chi connectivity index (χ2v) is 6.14. The van der Waals surface area contributed by atoms with Crippen LogP contribution in [0.1, 0.15) is 12.0 Å². The van der Waals surface area contributed by atoms with E-state index in [0.717, 1.165) is 11.3 Å². The summed E-state index contributed by atoms with van der Waals surface area (Å²) in [4.78, 5) is 26.5. The number of hydrogen-bond donors (Lipinski definition) is 1. The molecule has 0 bridgehead atoms. The maximum atomic E-state index is 12.5. The van der Waals surface area contributed by atoms with Crippen molar-refractivity contribution in [2.75, 3.05) is 25.7 Å². The summed E-state index contributed by atoms with van der Waals surface area (Å²) >= 11 is 0. The Morgan fingerprint density at radius 1 is 1.15 bits per heavy atom. The fourth-order valence-electron chi connectivity index (χ4n) is 3.09. The molecule has 2 aromatic carbocycles. The molecule has 0 aliphatic carbocycles. The van der Waals surface area contributed by atoms with Crippen LogP contribution in [0, 0.1) is 5.92 Å². The van der Waals surface area contributed by atoms with Crippen molar-refractivity contribution in [2.45, 2.75) is 13.0 Å². The van der Waals surface area contributed by atoms with Gasteiger partial charge in [0.05, 0.1) is 20.1 Å². The third kappa shape index (κ3) is 3.79. The lowest BCUT2D eigenvalue weighted by atomic mass is 10.1. The Morgan fingerprint density at radius 3 is 2.62 bits per heavy atom. The van der Waals surface area contributed by atoms with E-state index < -0.39 is 0 Å². The first-order valence-corrected chi connectivity index (χ1v) is 8.46. The van der Waals surface area contributed by atoms with Gasteiger partial charge in [0.1, 0.15) is 11.5 Å². The van der Waals surface area contributed by atoms with E-state index in [1.54, 1.807) is 31.3 Å². The molecule has 2 amide bonds. The van der Waals surface area contributed by atoms with Crippen molar-refractivity contribution in [2.24, 2.45) is 5.92 Å². The number of carbonyl (C=O) groups excluding carboxylic acids is 2. The van der Waals surface area contributed by atoms with Gasteiger partial charge < -0.3 is 19.7 Å². The van der Waals surface area contributed by atoms with Crippen molar-refractivity contribution >= 4 is 17.5 Å². The maximum absolute atomic E-state index is 12.5. The van der Waals surface area contributed by atoms with Crippen LogP contribution in [0.5, 0.6) is 11.5 Å². The average Bonchev–Trinajstić information content (AvgIpc) is 3.08. The molecule has 2 aromatic rings. The van der Waals surface area contributed by atoms with Crippen LogP contribution in [-0.2, 0) is 16.1 Å². The number of rotatable bonds is 6. The number of ether oxygens (including phenoxy) is 2. The van der Waals surface area contributed by atoms with Crippen LogP contribution in [0.15, 0.2) is 48.5 Å². The van der Waals surface area contributed by atoms with Crippen molar-refractivity contribution in [1.29, 1.82) is 0 Å². The van der Waals surface area contributed by atoms with E-state index >= 15 is 0 Å². The van der Waals surface area contributed by atoms with Crippen LogP contribution in [0.3, 0.4) is 0 Å². The monoisotopic (exact) mass is 354 g/mol. The van der Waals surface area contributed by atoms with E-state index in [2.05, 4.69) is 5.32 Å². The van der Waals surface area contributed by atoms with Gasteiger partial charge in [0.25, 0.3) is 0 Å². The lowest BCUT2D eigenvalue weighted by Gasteiger charge is -2.17. The van der Waals surface area contributed by atoms with Gasteiger partial charge in [-0.25, -0.2) is 0 Å². The van der Waals surface area contributed by atoms with E-state index in [0.29, 0.717) is 24.6 Å². The van der Waals surface area contributed by atoms with Crippen molar-refractivity contribution < 1.29 is 19.1 Å². The quantitative estimate of drug-likeness (QED) is 0.865. The average molecular weight is 354 g/mol. The molecule has 6 heteroatoms. The smallest absolute Gasteiger partial charge is 0.227 e. The van der Waals surface area contributed by atoms with Crippen LogP contribution < -0.4 is 19.7 Å². The second-order valence-electron chi connectivity index (χ2n) is 6.14. The summed E-state index contributed by atoms with van der Waals surface area (Å²) in [7, 11) is 3.17. The van der Waals surface area contributed by atoms with Gasteiger partial charge in [0.2, 0.25) is 11.8 Å². The number of carbonyl (C=O) groups is 2. The fourth-order valence-corrected chi connectivity index (χ4v) is 3.09. The predicted octanol–water partition coefficient (Wildman–Crippen LogP) is 2.37. The third-order valence-corrected chi connectivity index (χ3v) is 4.50. The molecular formula is C20H22N2O4. The molecule has 1 atom stereocenters. The Balaban J connectivity index is 1.64. The number of hydrogen-bond acceptors (Lipinski definition) is 4. The number of para-hydroxylation sites is 1. The minimum Gasteiger partial charge on any atom is -0.497 e. The molecule has 6 nitrogen and oxygen atoms in total. The molecule has 1 heterocycles. The topological polar surface area (TPSA) is 67.9 Å². The van der Waals surface area contributed by atoms with E-state index in [-0.39, 0.29) is 24.2 Å². The fraction of sp³-hybridized carbons (Fsp3) is 0.300. The van der Waals surface area contributed by atoms with Gasteiger partial charge in [0, 0.05) is 30.8 Å². The predicted molar refractivity (Wildman–Crippen MR) is 98.3 cm³/mol. The minimum atomic E-state index is -0.362. The van der Waals surface area contributed by atoms with Gasteiger partial charge in [-0.15, -0.1) is 0 Å². The first kappa shape index (κ1) is 17.8. The largest absolute Gasteiger partial charge is 0.497 e. The molecule has 1 aliphatic rings. The minimum absolute atomic E-state index is 0.0321. The highest BCUT2D eigenvalue weighted by molar-refractivity contribution is 6.00. The first-order chi connectivity index (χ1) is 12.6. The lowest BCUT2D eigenvalue weighted by Crippen LogP contribution is -2.32. The number of nitrogens with one attached hydrogen (secondary N) is 1. The van der Waals surface area contributed by atoms with Gasteiger partial charge in [-0.2, -0.15) is 0 Å². The molecule has 1 fully saturated rings. The Labute approximate surface area is 152 Å². The number of nitrogens with zero attached hydrogens (tertiary/aromatic N) is 1. The maximum Gasteiger partial charge on any atom is 0.227 e. The molecule has 0 radical (unpaired) electrons. The van der Waals surface area contributed by atoms with Gasteiger partial charge >= 0.3 is 0 Å². The SMILES string of the molecule is COc1ccc(OC)c(CNC(=O)C2CC(=O)N(c3ccccc3)C2)c1. The van der Waals surface area contributed by atoms with E-state index in [1.165, 1.54) is 0 Å². The van der Waals surface area contributed by atoms with Crippen LogP contribution in [0.2, 0.25) is 0 Å². The van der Waals surface area contributed by atoms with Crippen LogP contribution in [-0.4, -0.2) is 32.6 Å². The summed E-state index contributed by atoms with van der Waals surface area (Å²) in [5, 5.41) is 2.91. The Bertz CT molecular complexity index is 792. The second kappa shape index (κ2) is 7.91. The lowest BCUT2D eigenvalue weighted by molar-refractivity contribution is -0.126. The Morgan fingerprint density at radius 2 is 1.92 bits per heavy atom. The normalized spacial score (nSPS) is 16.5. The highest BCUT2D eigenvalue weighted by Crippen LogP contribution is 2.26. The summed E-state index contributed by atoms with van der Waals surface area (Å²) < 4.78 is 10.5. The number of anilines is 1. The Hall–Kier alpha value is -3.02. The van der Waals surface area contributed by atoms with Gasteiger partial charge in [-0.3, -0.25) is 9.59 Å². The van der Waals surface area contributed by atoms with Gasteiger partial charge in [0.15, 0.2) is 0 Å². The van der Waals surface area contributed by atoms with E-state index in [9.17, 15) is 9.59 Å². The summed E-state index contributed by atoms with van der Waals surface area (Å²) in [6, 6.07) is 14.8. The Kier molecular flexibility index (Phi) is 5.41. The highest BCUT2D eigenvalue weighted by Gasteiger charge is 2.34. The van der Waals surface area contributed by atoms with Crippen molar-refractivity contribution in [3.8, 4) is 11.5 Å². The zero-order chi connectivity index (χ0) is 18.5. The summed E-state index contributed by atoms with van der Waals surface area (Å²) in [5.74, 6) is 0.845. The zero-order valence-corrected chi connectivity index (χ0v) is 14.9. The first-order valence-electron chi connectivity index (χ1n) is 8.46. The van der Waals surface area contributed by atoms with Crippen LogP contribution in [0.25, 0.3) is 0 Å². The number of benzene rings is 2. The van der Waals surface area contributed by atoms with Crippen LogP contribution in [0.4, 0.5) is 5.69 Å². The zero-order valence-electron chi connectivity index (χ0n) is 14.9. The van der Waals surface area contributed by atoms with E-state index in [4.69, 9.17) is 9.47 Å². The molecule has 0 spiro atoms. The summed E-state index contributed by atoms with van der Waals surface area (Å²) in [6.45, 7) is 0.707. The highest BCUT2D eigenvalue weighted by atomic mass is 16.5. The molecule has 136 valence electrons. The molecule has 1 saturated heterocycles. The van der Waals surface area contributed by atoms with E-state index in [1.807, 2.05) is 36.4 Å². The molecule has 3 rings (SSSR count). The summed E-state index contributed by atoms with van der Waals surface area (Å²) in [6.07, 6.45) is 0.218. The van der Waals surface area contributed by atoms with Crippen molar-refractivity contribution in [1.82, 2.24) is 5.32 Å². The number of amides is 2. The molecule has 1 aliphatic heterocycles. The molecule has 1 unspecified atom stereocenters. The standard InChI is InChI=1S/C20H22N2O4/c1-25-17-8-9-18(26-2)14(10-17)12-21-20(24)15-11-19(23)22(13-15)16-6-4-3-5-7-16/h3-10,15H,11-13H2,1-2H3,(H,21,24). The number of methoxy groups -OCH3 is 2. The molecule has 1 N–H and O–H groups in total. The molecule has 0 saturated carbocycles.